The van der Waals surface area contributed by atoms with Crippen LogP contribution in [0.2, 0.25) is 0 Å². The van der Waals surface area contributed by atoms with Gasteiger partial charge in [0, 0.05) is 18.6 Å². The molecule has 0 amide bonds. The number of benzene rings is 1. The molecular formula is C15H22N2. The van der Waals surface area contributed by atoms with Gasteiger partial charge in [-0.1, -0.05) is 18.2 Å². The van der Waals surface area contributed by atoms with Crippen molar-refractivity contribution in [2.45, 2.75) is 31.3 Å². The Bertz CT molecular complexity index is 425. The van der Waals surface area contributed by atoms with Crippen molar-refractivity contribution in [3.05, 3.63) is 34.9 Å². The highest BCUT2D eigenvalue weighted by atomic mass is 15.2. The molecule has 92 valence electrons. The van der Waals surface area contributed by atoms with Gasteiger partial charge in [-0.3, -0.25) is 4.90 Å². The zero-order valence-electron chi connectivity index (χ0n) is 11.1. The molecule has 0 radical (unpaired) electrons. The molecule has 1 heterocycles. The van der Waals surface area contributed by atoms with Crippen molar-refractivity contribution >= 4 is 0 Å². The third-order valence-corrected chi connectivity index (χ3v) is 4.57. The Morgan fingerprint density at radius 1 is 1.24 bits per heavy atom. The van der Waals surface area contributed by atoms with E-state index in [-0.39, 0.29) is 0 Å². The van der Waals surface area contributed by atoms with Crippen molar-refractivity contribution in [1.29, 1.82) is 0 Å². The van der Waals surface area contributed by atoms with Gasteiger partial charge >= 0.3 is 0 Å². The molecule has 0 saturated carbocycles. The van der Waals surface area contributed by atoms with Gasteiger partial charge in [-0.05, 0) is 57.1 Å². The summed E-state index contributed by atoms with van der Waals surface area (Å²) in [6.07, 6.45) is 3.73. The molecule has 1 aliphatic heterocycles. The van der Waals surface area contributed by atoms with E-state index in [1.165, 1.54) is 25.8 Å². The number of nitrogens with zero attached hydrogens (tertiary/aromatic N) is 2. The number of hydrogen-bond acceptors (Lipinski definition) is 2. The first-order valence-corrected chi connectivity index (χ1v) is 6.64. The highest BCUT2D eigenvalue weighted by molar-refractivity contribution is 5.42. The molecule has 2 nitrogen and oxygen atoms in total. The molecule has 1 aliphatic carbocycles. The van der Waals surface area contributed by atoms with Gasteiger partial charge < -0.3 is 4.90 Å². The van der Waals surface area contributed by atoms with Crippen LogP contribution in [-0.4, -0.2) is 43.5 Å². The van der Waals surface area contributed by atoms with E-state index in [2.05, 4.69) is 49.1 Å². The Balaban J connectivity index is 2.05. The van der Waals surface area contributed by atoms with Gasteiger partial charge in [-0.25, -0.2) is 0 Å². The van der Waals surface area contributed by atoms with Gasteiger partial charge in [0.2, 0.25) is 0 Å². The predicted molar refractivity (Wildman–Crippen MR) is 71.3 cm³/mol. The van der Waals surface area contributed by atoms with Crippen LogP contribution in [-0.2, 0) is 12.8 Å². The maximum atomic E-state index is 2.54. The Morgan fingerprint density at radius 3 is 2.76 bits per heavy atom. The van der Waals surface area contributed by atoms with E-state index in [1.54, 1.807) is 16.7 Å². The fourth-order valence-corrected chi connectivity index (χ4v) is 3.45. The summed E-state index contributed by atoms with van der Waals surface area (Å²) in [6, 6.07) is 8.25. The van der Waals surface area contributed by atoms with Crippen LogP contribution in [0.3, 0.4) is 0 Å². The van der Waals surface area contributed by atoms with E-state index in [0.29, 0.717) is 12.1 Å². The van der Waals surface area contributed by atoms with Crippen LogP contribution in [0.1, 0.15) is 29.2 Å². The molecule has 2 aliphatic rings. The van der Waals surface area contributed by atoms with Gasteiger partial charge in [0.05, 0.1) is 0 Å². The molecule has 2 atom stereocenters. The zero-order chi connectivity index (χ0) is 12.0. The molecule has 1 aromatic rings. The lowest BCUT2D eigenvalue weighted by molar-refractivity contribution is 0.152. The van der Waals surface area contributed by atoms with E-state index in [0.717, 1.165) is 0 Å². The molecule has 0 saturated heterocycles. The molecule has 0 spiro atoms. The SMILES string of the molecule is CN1CCc2cccc3c2C1C[C@H](N(C)C)C3. The number of hydrogen-bond donors (Lipinski definition) is 0. The summed E-state index contributed by atoms with van der Waals surface area (Å²) >= 11 is 0. The predicted octanol–water partition coefficient (Wildman–Crippen LogP) is 2.09. The lowest BCUT2D eigenvalue weighted by atomic mass is 9.78. The molecular weight excluding hydrogens is 208 g/mol. The second-order valence-electron chi connectivity index (χ2n) is 5.79. The second-order valence-corrected chi connectivity index (χ2v) is 5.79. The molecule has 0 aromatic heterocycles. The maximum Gasteiger partial charge on any atom is 0.0365 e. The summed E-state index contributed by atoms with van der Waals surface area (Å²) in [5.74, 6) is 0. The Morgan fingerprint density at radius 2 is 2.00 bits per heavy atom. The van der Waals surface area contributed by atoms with E-state index in [9.17, 15) is 0 Å². The summed E-state index contributed by atoms with van der Waals surface area (Å²) < 4.78 is 0. The highest BCUT2D eigenvalue weighted by Crippen LogP contribution is 2.39. The Labute approximate surface area is 104 Å². The summed E-state index contributed by atoms with van der Waals surface area (Å²) in [5, 5.41) is 0. The van der Waals surface area contributed by atoms with E-state index >= 15 is 0 Å². The molecule has 3 rings (SSSR count). The van der Waals surface area contributed by atoms with Crippen LogP contribution >= 0.6 is 0 Å². The minimum absolute atomic E-state index is 0.649. The largest absolute Gasteiger partial charge is 0.306 e. The monoisotopic (exact) mass is 230 g/mol. The minimum Gasteiger partial charge on any atom is -0.306 e. The van der Waals surface area contributed by atoms with Crippen molar-refractivity contribution in [3.63, 3.8) is 0 Å². The van der Waals surface area contributed by atoms with Crippen LogP contribution in [0.15, 0.2) is 18.2 Å². The fourth-order valence-electron chi connectivity index (χ4n) is 3.45. The van der Waals surface area contributed by atoms with E-state index < -0.39 is 0 Å². The Kier molecular flexibility index (Phi) is 2.72. The van der Waals surface area contributed by atoms with Gasteiger partial charge in [-0.15, -0.1) is 0 Å². The maximum absolute atomic E-state index is 2.54. The Hall–Kier alpha value is -0.860. The normalized spacial score (nSPS) is 28.2. The van der Waals surface area contributed by atoms with E-state index in [1.807, 2.05) is 0 Å². The average molecular weight is 230 g/mol. The first kappa shape index (κ1) is 11.2. The van der Waals surface area contributed by atoms with Gasteiger partial charge in [0.15, 0.2) is 0 Å². The van der Waals surface area contributed by atoms with Gasteiger partial charge in [0.25, 0.3) is 0 Å². The van der Waals surface area contributed by atoms with Gasteiger partial charge in [0.1, 0.15) is 0 Å². The van der Waals surface area contributed by atoms with Crippen molar-refractivity contribution in [2.24, 2.45) is 0 Å². The lowest BCUT2D eigenvalue weighted by Crippen LogP contribution is -2.43. The van der Waals surface area contributed by atoms with Crippen LogP contribution in [0.25, 0.3) is 0 Å². The van der Waals surface area contributed by atoms with Crippen molar-refractivity contribution in [3.8, 4) is 0 Å². The fraction of sp³-hybridized carbons (Fsp3) is 0.600. The zero-order valence-corrected chi connectivity index (χ0v) is 11.1. The molecule has 0 fully saturated rings. The molecule has 1 aromatic carbocycles. The molecule has 0 N–H and O–H groups in total. The third-order valence-electron chi connectivity index (χ3n) is 4.57. The van der Waals surface area contributed by atoms with Crippen LogP contribution < -0.4 is 0 Å². The summed E-state index contributed by atoms with van der Waals surface area (Å²) in [5.41, 5.74) is 4.84. The number of likely N-dealkylation sites (N-methyl/N-ethyl adjacent to an activating group) is 2. The first-order valence-electron chi connectivity index (χ1n) is 6.64. The first-order chi connectivity index (χ1) is 8.16. The van der Waals surface area contributed by atoms with E-state index in [4.69, 9.17) is 0 Å². The summed E-state index contributed by atoms with van der Waals surface area (Å²) in [7, 11) is 6.70. The smallest absolute Gasteiger partial charge is 0.0365 e. The average Bonchev–Trinajstić information content (AvgIpc) is 2.33. The second kappa shape index (κ2) is 4.11. The molecule has 1 unspecified atom stereocenters. The lowest BCUT2D eigenvalue weighted by Gasteiger charge is -2.43. The third kappa shape index (κ3) is 1.80. The highest BCUT2D eigenvalue weighted by Gasteiger charge is 2.34. The summed E-state index contributed by atoms with van der Waals surface area (Å²) in [4.78, 5) is 4.93. The van der Waals surface area contributed by atoms with Gasteiger partial charge in [-0.2, -0.15) is 0 Å². The quantitative estimate of drug-likeness (QED) is 0.729. The minimum atomic E-state index is 0.649. The van der Waals surface area contributed by atoms with Crippen molar-refractivity contribution in [2.75, 3.05) is 27.7 Å². The summed E-state index contributed by atoms with van der Waals surface area (Å²) in [6.45, 7) is 1.21. The topological polar surface area (TPSA) is 6.48 Å². The van der Waals surface area contributed by atoms with Crippen molar-refractivity contribution < 1.29 is 0 Å². The van der Waals surface area contributed by atoms with Crippen LogP contribution in [0.4, 0.5) is 0 Å². The van der Waals surface area contributed by atoms with Crippen molar-refractivity contribution in [1.82, 2.24) is 9.80 Å². The molecule has 2 heteroatoms. The molecule has 0 bridgehead atoms. The number of rotatable bonds is 1. The van der Waals surface area contributed by atoms with Crippen LogP contribution in [0.5, 0.6) is 0 Å². The van der Waals surface area contributed by atoms with Crippen LogP contribution in [0, 0.1) is 0 Å². The standard InChI is InChI=1S/C15H22N2/c1-16(2)13-9-12-6-4-5-11-7-8-17(3)14(10-13)15(11)12/h4-6,13-14H,7-10H2,1-3H3/t13-,14?/m1/s1. The molecule has 17 heavy (non-hydrogen) atoms.